The van der Waals surface area contributed by atoms with E-state index in [0.717, 1.165) is 6.42 Å². The highest BCUT2D eigenvalue weighted by Gasteiger charge is 2.48. The van der Waals surface area contributed by atoms with Gasteiger partial charge >= 0.3 is 0 Å². The van der Waals surface area contributed by atoms with E-state index < -0.39 is 10.0 Å². The average Bonchev–Trinajstić information content (AvgIpc) is 2.66. The first kappa shape index (κ1) is 14.0. The van der Waals surface area contributed by atoms with Crippen molar-refractivity contribution < 1.29 is 12.8 Å². The zero-order chi connectivity index (χ0) is 13.6. The number of furan rings is 1. The van der Waals surface area contributed by atoms with Gasteiger partial charge in [-0.3, -0.25) is 0 Å². The van der Waals surface area contributed by atoms with Crippen LogP contribution in [0.3, 0.4) is 0 Å². The molecule has 1 aliphatic carbocycles. The third kappa shape index (κ3) is 2.79. The minimum absolute atomic E-state index is 0.0112. The molecule has 7 heteroatoms. The second kappa shape index (κ2) is 4.63. The zero-order valence-corrected chi connectivity index (χ0v) is 13.0. The molecule has 0 saturated heterocycles. The topological polar surface area (TPSA) is 71.3 Å². The molecule has 5 nitrogen and oxygen atoms in total. The number of hydrogen-bond acceptors (Lipinski definition) is 4. The van der Waals surface area contributed by atoms with Crippen LogP contribution in [0.1, 0.15) is 26.0 Å². The summed E-state index contributed by atoms with van der Waals surface area (Å²) in [7, 11) is -1.74. The fourth-order valence-electron chi connectivity index (χ4n) is 1.76. The molecule has 2 rings (SSSR count). The third-order valence-corrected chi connectivity index (χ3v) is 5.49. The van der Waals surface area contributed by atoms with E-state index in [-0.39, 0.29) is 21.0 Å². The molecular weight excluding hydrogens is 320 g/mol. The van der Waals surface area contributed by atoms with Crippen molar-refractivity contribution in [3.63, 3.8) is 0 Å². The summed E-state index contributed by atoms with van der Waals surface area (Å²) in [5.41, 5.74) is 0.0527. The SMILES string of the molecule is CNCc1cc(S(=O)(=O)NC2CC2(C)C)c(Br)o1. The van der Waals surface area contributed by atoms with E-state index in [1.807, 2.05) is 13.8 Å². The van der Waals surface area contributed by atoms with E-state index in [4.69, 9.17) is 4.42 Å². The van der Waals surface area contributed by atoms with Gasteiger partial charge in [0.05, 0.1) is 6.54 Å². The molecule has 1 aliphatic rings. The largest absolute Gasteiger partial charge is 0.452 e. The Balaban J connectivity index is 2.19. The molecule has 1 fully saturated rings. The van der Waals surface area contributed by atoms with Crippen LogP contribution in [0.5, 0.6) is 0 Å². The van der Waals surface area contributed by atoms with Crippen molar-refractivity contribution in [2.75, 3.05) is 7.05 Å². The minimum Gasteiger partial charge on any atom is -0.452 e. The van der Waals surface area contributed by atoms with E-state index in [2.05, 4.69) is 26.0 Å². The van der Waals surface area contributed by atoms with Crippen molar-refractivity contribution >= 4 is 26.0 Å². The Labute approximate surface area is 116 Å². The van der Waals surface area contributed by atoms with Crippen LogP contribution in [0.15, 0.2) is 20.0 Å². The predicted octanol–water partition coefficient (Wildman–Crippen LogP) is 1.84. The maximum Gasteiger partial charge on any atom is 0.245 e. The van der Waals surface area contributed by atoms with Gasteiger partial charge in [0.1, 0.15) is 10.7 Å². The quantitative estimate of drug-likeness (QED) is 0.860. The molecule has 2 N–H and O–H groups in total. The fraction of sp³-hybridized carbons (Fsp3) is 0.636. The number of nitrogens with one attached hydrogen (secondary N) is 2. The summed E-state index contributed by atoms with van der Waals surface area (Å²) >= 11 is 3.15. The lowest BCUT2D eigenvalue weighted by molar-refractivity contribution is 0.469. The van der Waals surface area contributed by atoms with Crippen LogP contribution in [-0.4, -0.2) is 21.5 Å². The maximum atomic E-state index is 12.2. The molecule has 1 aromatic rings. The van der Waals surface area contributed by atoms with Crippen LogP contribution in [0.2, 0.25) is 0 Å². The first-order chi connectivity index (χ1) is 8.26. The standard InChI is InChI=1S/C11H17BrN2O3S/c1-11(2)5-9(11)14-18(15,16)8-4-7(6-13-3)17-10(8)12/h4,9,13-14H,5-6H2,1-3H3. The predicted molar refractivity (Wildman–Crippen MR) is 71.7 cm³/mol. The van der Waals surface area contributed by atoms with Crippen LogP contribution in [0.4, 0.5) is 0 Å². The normalized spacial score (nSPS) is 22.1. The van der Waals surface area contributed by atoms with Crippen molar-refractivity contribution in [1.82, 2.24) is 10.0 Å². The molecule has 0 spiro atoms. The molecule has 1 atom stereocenters. The first-order valence-electron chi connectivity index (χ1n) is 5.71. The van der Waals surface area contributed by atoms with Gasteiger partial charge in [-0.15, -0.1) is 0 Å². The Morgan fingerprint density at radius 3 is 2.67 bits per heavy atom. The van der Waals surface area contributed by atoms with Crippen LogP contribution in [0.25, 0.3) is 0 Å². The fourth-order valence-corrected chi connectivity index (χ4v) is 4.17. The van der Waals surface area contributed by atoms with Crippen LogP contribution < -0.4 is 10.0 Å². The molecule has 1 unspecified atom stereocenters. The van der Waals surface area contributed by atoms with Crippen LogP contribution in [0, 0.1) is 5.41 Å². The van der Waals surface area contributed by atoms with Gasteiger partial charge in [0, 0.05) is 12.1 Å². The Kier molecular flexibility index (Phi) is 3.61. The number of hydrogen-bond donors (Lipinski definition) is 2. The van der Waals surface area contributed by atoms with Gasteiger partial charge in [-0.25, -0.2) is 13.1 Å². The van der Waals surface area contributed by atoms with E-state index in [1.165, 1.54) is 6.07 Å². The Hall–Kier alpha value is -0.370. The van der Waals surface area contributed by atoms with Gasteiger partial charge in [-0.05, 0) is 34.8 Å². The number of rotatable bonds is 5. The second-order valence-corrected chi connectivity index (χ2v) is 7.65. The maximum absolute atomic E-state index is 12.2. The summed E-state index contributed by atoms with van der Waals surface area (Å²) in [5.74, 6) is 0.583. The highest BCUT2D eigenvalue weighted by molar-refractivity contribution is 9.10. The highest BCUT2D eigenvalue weighted by Crippen LogP contribution is 2.45. The Morgan fingerprint density at radius 2 is 2.17 bits per heavy atom. The van der Waals surface area contributed by atoms with Gasteiger partial charge < -0.3 is 9.73 Å². The summed E-state index contributed by atoms with van der Waals surface area (Å²) < 4.78 is 32.6. The van der Waals surface area contributed by atoms with Crippen molar-refractivity contribution in [2.24, 2.45) is 5.41 Å². The smallest absolute Gasteiger partial charge is 0.245 e. The molecule has 0 radical (unpaired) electrons. The van der Waals surface area contributed by atoms with Crippen molar-refractivity contribution in [2.45, 2.75) is 37.8 Å². The molecular formula is C11H17BrN2O3S. The lowest BCUT2D eigenvalue weighted by atomic mass is 10.2. The molecule has 1 saturated carbocycles. The van der Waals surface area contributed by atoms with Crippen molar-refractivity contribution in [3.05, 3.63) is 16.5 Å². The molecule has 0 aliphatic heterocycles. The highest BCUT2D eigenvalue weighted by atomic mass is 79.9. The summed E-state index contributed by atoms with van der Waals surface area (Å²) in [5, 5.41) is 2.91. The third-order valence-electron chi connectivity index (χ3n) is 3.16. The minimum atomic E-state index is -3.51. The lowest BCUT2D eigenvalue weighted by Crippen LogP contribution is -2.28. The average molecular weight is 337 g/mol. The Bertz CT molecular complexity index is 551. The van der Waals surface area contributed by atoms with Gasteiger partial charge in [-0.2, -0.15) is 0 Å². The summed E-state index contributed by atoms with van der Waals surface area (Å²) in [6, 6.07) is 1.55. The summed E-state index contributed by atoms with van der Waals surface area (Å²) in [6.45, 7) is 4.57. The van der Waals surface area contributed by atoms with Gasteiger partial charge in [0.15, 0.2) is 4.67 Å². The molecule has 0 amide bonds. The monoisotopic (exact) mass is 336 g/mol. The molecule has 0 bridgehead atoms. The molecule has 102 valence electrons. The second-order valence-electron chi connectivity index (χ2n) is 5.25. The van der Waals surface area contributed by atoms with E-state index >= 15 is 0 Å². The van der Waals surface area contributed by atoms with Crippen LogP contribution >= 0.6 is 15.9 Å². The van der Waals surface area contributed by atoms with Crippen molar-refractivity contribution in [1.29, 1.82) is 0 Å². The van der Waals surface area contributed by atoms with Crippen molar-refractivity contribution in [3.8, 4) is 0 Å². The lowest BCUT2D eigenvalue weighted by Gasteiger charge is -2.06. The molecule has 18 heavy (non-hydrogen) atoms. The van der Waals surface area contributed by atoms with Gasteiger partial charge in [-0.1, -0.05) is 13.8 Å². The Morgan fingerprint density at radius 1 is 1.56 bits per heavy atom. The van der Waals surface area contributed by atoms with E-state index in [9.17, 15) is 8.42 Å². The first-order valence-corrected chi connectivity index (χ1v) is 7.99. The van der Waals surface area contributed by atoms with Gasteiger partial charge in [0.2, 0.25) is 10.0 Å². The van der Waals surface area contributed by atoms with Crippen LogP contribution in [-0.2, 0) is 16.6 Å². The van der Waals surface area contributed by atoms with E-state index in [0.29, 0.717) is 12.3 Å². The molecule has 1 aromatic heterocycles. The number of halogens is 1. The number of sulfonamides is 1. The zero-order valence-electron chi connectivity index (χ0n) is 10.6. The molecule has 0 aromatic carbocycles. The van der Waals surface area contributed by atoms with E-state index in [1.54, 1.807) is 7.05 Å². The molecule has 1 heterocycles. The van der Waals surface area contributed by atoms with Gasteiger partial charge in [0.25, 0.3) is 0 Å². The summed E-state index contributed by atoms with van der Waals surface area (Å²) in [6.07, 6.45) is 0.866. The summed E-state index contributed by atoms with van der Waals surface area (Å²) in [4.78, 5) is 0.162.